The smallest absolute Gasteiger partial charge is 0.157 e. The molecule has 1 aromatic heterocycles. The maximum Gasteiger partial charge on any atom is 0.157 e. The largest absolute Gasteiger partial charge is 0.497 e. The highest BCUT2D eigenvalue weighted by Crippen LogP contribution is 2.28. The molecule has 0 fully saturated rings. The Morgan fingerprint density at radius 2 is 2.00 bits per heavy atom. The van der Waals surface area contributed by atoms with E-state index in [0.29, 0.717) is 24.9 Å². The summed E-state index contributed by atoms with van der Waals surface area (Å²) in [6.07, 6.45) is 0. The van der Waals surface area contributed by atoms with E-state index in [1.54, 1.807) is 13.2 Å². The van der Waals surface area contributed by atoms with Crippen molar-refractivity contribution in [3.8, 4) is 5.75 Å². The predicted octanol–water partition coefficient (Wildman–Crippen LogP) is 2.46. The van der Waals surface area contributed by atoms with E-state index in [4.69, 9.17) is 15.3 Å². The molecule has 0 aliphatic carbocycles. The van der Waals surface area contributed by atoms with Gasteiger partial charge in [0.1, 0.15) is 23.2 Å². The number of nitrogens with one attached hydrogen (secondary N) is 1. The zero-order valence-corrected chi connectivity index (χ0v) is 12.8. The average Bonchev–Trinajstić information content (AvgIpc) is 2.53. The second kappa shape index (κ2) is 7.82. The van der Waals surface area contributed by atoms with Gasteiger partial charge < -0.3 is 14.9 Å². The highest BCUT2D eigenvalue weighted by Gasteiger charge is 2.06. The molecule has 0 unspecified atom stereocenters. The van der Waals surface area contributed by atoms with E-state index in [1.807, 2.05) is 31.2 Å². The van der Waals surface area contributed by atoms with E-state index in [-0.39, 0.29) is 0 Å². The van der Waals surface area contributed by atoms with Gasteiger partial charge in [0.2, 0.25) is 0 Å². The number of hydrogen-bond donors (Lipinski definition) is 2. The van der Waals surface area contributed by atoms with Gasteiger partial charge in [-0.1, -0.05) is 11.8 Å². The Bertz CT molecular complexity index is 578. The minimum Gasteiger partial charge on any atom is -0.497 e. The fourth-order valence-electron chi connectivity index (χ4n) is 1.62. The van der Waals surface area contributed by atoms with E-state index in [1.165, 1.54) is 11.8 Å². The standard InChI is InChI=1S/C14H18N4O2S/c1-3-20-9-13-16-12(18-15)8-14(17-13)21-11-6-4-10(19-2)5-7-11/h4-8H,3,9,15H2,1-2H3,(H,16,17,18). The van der Waals surface area contributed by atoms with Crippen LogP contribution in [-0.4, -0.2) is 23.7 Å². The molecule has 21 heavy (non-hydrogen) atoms. The Balaban J connectivity index is 2.16. The van der Waals surface area contributed by atoms with E-state index < -0.39 is 0 Å². The summed E-state index contributed by atoms with van der Waals surface area (Å²) in [5.74, 6) is 7.43. The van der Waals surface area contributed by atoms with Crippen LogP contribution in [0.3, 0.4) is 0 Å². The second-order valence-corrected chi connectivity index (χ2v) is 5.16. The van der Waals surface area contributed by atoms with E-state index in [2.05, 4.69) is 15.4 Å². The number of hydrazine groups is 1. The molecule has 7 heteroatoms. The van der Waals surface area contributed by atoms with Gasteiger partial charge in [-0.3, -0.25) is 0 Å². The van der Waals surface area contributed by atoms with Crippen LogP contribution in [0.5, 0.6) is 5.75 Å². The normalized spacial score (nSPS) is 10.4. The molecule has 2 aromatic rings. The summed E-state index contributed by atoms with van der Waals surface area (Å²) in [4.78, 5) is 9.77. The van der Waals surface area contributed by atoms with Gasteiger partial charge in [0.05, 0.1) is 7.11 Å². The van der Waals surface area contributed by atoms with Crippen LogP contribution in [0, 0.1) is 0 Å². The third-order valence-corrected chi connectivity index (χ3v) is 3.54. The molecule has 0 spiro atoms. The number of aromatic nitrogens is 2. The summed E-state index contributed by atoms with van der Waals surface area (Å²) in [6, 6.07) is 9.57. The van der Waals surface area contributed by atoms with E-state index in [0.717, 1.165) is 15.7 Å². The van der Waals surface area contributed by atoms with Gasteiger partial charge in [-0.15, -0.1) is 0 Å². The molecule has 112 valence electrons. The Hall–Kier alpha value is -1.83. The summed E-state index contributed by atoms with van der Waals surface area (Å²) in [6.45, 7) is 2.91. The second-order valence-electron chi connectivity index (χ2n) is 4.07. The molecule has 1 heterocycles. The Kier molecular flexibility index (Phi) is 5.79. The van der Waals surface area contributed by atoms with Crippen molar-refractivity contribution < 1.29 is 9.47 Å². The Morgan fingerprint density at radius 1 is 1.24 bits per heavy atom. The summed E-state index contributed by atoms with van der Waals surface area (Å²) in [5, 5.41) is 0.804. The van der Waals surface area contributed by atoms with Crippen LogP contribution in [-0.2, 0) is 11.3 Å². The number of rotatable bonds is 7. The zero-order chi connectivity index (χ0) is 15.1. The molecule has 6 nitrogen and oxygen atoms in total. The van der Waals surface area contributed by atoms with Gasteiger partial charge >= 0.3 is 0 Å². The fourth-order valence-corrected chi connectivity index (χ4v) is 2.46. The Labute approximate surface area is 128 Å². The van der Waals surface area contributed by atoms with Crippen molar-refractivity contribution in [2.75, 3.05) is 19.1 Å². The summed E-state index contributed by atoms with van der Waals surface area (Å²) < 4.78 is 10.5. The minimum absolute atomic E-state index is 0.363. The SMILES string of the molecule is CCOCc1nc(NN)cc(Sc2ccc(OC)cc2)n1. The molecular weight excluding hydrogens is 288 g/mol. The van der Waals surface area contributed by atoms with Crippen molar-refractivity contribution in [1.29, 1.82) is 0 Å². The van der Waals surface area contributed by atoms with Gasteiger partial charge in [-0.2, -0.15) is 0 Å². The summed E-state index contributed by atoms with van der Waals surface area (Å²) in [5.41, 5.74) is 2.55. The fraction of sp³-hybridized carbons (Fsp3) is 0.286. The summed E-state index contributed by atoms with van der Waals surface area (Å²) >= 11 is 1.53. The number of methoxy groups -OCH3 is 1. The topological polar surface area (TPSA) is 82.3 Å². The third-order valence-electron chi connectivity index (χ3n) is 2.61. The number of hydrogen-bond acceptors (Lipinski definition) is 7. The van der Waals surface area contributed by atoms with Crippen molar-refractivity contribution in [3.63, 3.8) is 0 Å². The number of ether oxygens (including phenoxy) is 2. The lowest BCUT2D eigenvalue weighted by molar-refractivity contribution is 0.128. The van der Waals surface area contributed by atoms with Gasteiger partial charge in [-0.05, 0) is 31.2 Å². The maximum atomic E-state index is 5.44. The average molecular weight is 306 g/mol. The highest BCUT2D eigenvalue weighted by atomic mass is 32.2. The van der Waals surface area contributed by atoms with Crippen molar-refractivity contribution in [2.45, 2.75) is 23.5 Å². The third kappa shape index (κ3) is 4.59. The van der Waals surface area contributed by atoms with Crippen LogP contribution in [0.1, 0.15) is 12.7 Å². The molecule has 1 aromatic carbocycles. The molecule has 0 saturated carbocycles. The molecular formula is C14H18N4O2S. The number of anilines is 1. The van der Waals surface area contributed by atoms with Crippen molar-refractivity contribution in [3.05, 3.63) is 36.2 Å². The zero-order valence-electron chi connectivity index (χ0n) is 12.0. The minimum atomic E-state index is 0.363. The van der Waals surface area contributed by atoms with Gasteiger partial charge in [0, 0.05) is 17.6 Å². The number of benzene rings is 1. The van der Waals surface area contributed by atoms with Crippen LogP contribution in [0.4, 0.5) is 5.82 Å². The number of nitrogens with zero attached hydrogens (tertiary/aromatic N) is 2. The maximum absolute atomic E-state index is 5.44. The molecule has 0 aliphatic heterocycles. The highest BCUT2D eigenvalue weighted by molar-refractivity contribution is 7.99. The summed E-state index contributed by atoms with van der Waals surface area (Å²) in [7, 11) is 1.64. The first-order chi connectivity index (χ1) is 10.2. The lowest BCUT2D eigenvalue weighted by Gasteiger charge is -2.08. The molecule has 2 rings (SSSR count). The molecule has 0 radical (unpaired) electrons. The molecule has 0 bridgehead atoms. The van der Waals surface area contributed by atoms with Crippen molar-refractivity contribution in [1.82, 2.24) is 9.97 Å². The first kappa shape index (κ1) is 15.6. The monoisotopic (exact) mass is 306 g/mol. The van der Waals surface area contributed by atoms with E-state index in [9.17, 15) is 0 Å². The van der Waals surface area contributed by atoms with Crippen LogP contribution in [0.2, 0.25) is 0 Å². The van der Waals surface area contributed by atoms with Gasteiger partial charge in [0.15, 0.2) is 5.82 Å². The number of nitrogen functional groups attached to an aromatic ring is 1. The van der Waals surface area contributed by atoms with Crippen LogP contribution < -0.4 is 16.0 Å². The van der Waals surface area contributed by atoms with Crippen molar-refractivity contribution in [2.24, 2.45) is 5.84 Å². The lowest BCUT2D eigenvalue weighted by Crippen LogP contribution is -2.11. The van der Waals surface area contributed by atoms with Crippen LogP contribution in [0.15, 0.2) is 40.3 Å². The quantitative estimate of drug-likeness (QED) is 0.462. The van der Waals surface area contributed by atoms with Gasteiger partial charge in [-0.25, -0.2) is 15.8 Å². The lowest BCUT2D eigenvalue weighted by atomic mass is 10.3. The molecule has 0 saturated heterocycles. The van der Waals surface area contributed by atoms with E-state index >= 15 is 0 Å². The molecule has 3 N–H and O–H groups in total. The number of nitrogens with two attached hydrogens (primary N) is 1. The molecule has 0 aliphatic rings. The molecule has 0 atom stereocenters. The van der Waals surface area contributed by atoms with Crippen LogP contribution >= 0.6 is 11.8 Å². The molecule has 0 amide bonds. The predicted molar refractivity (Wildman–Crippen MR) is 82.3 cm³/mol. The van der Waals surface area contributed by atoms with Crippen molar-refractivity contribution >= 4 is 17.6 Å². The Morgan fingerprint density at radius 3 is 2.62 bits per heavy atom. The first-order valence-electron chi connectivity index (χ1n) is 6.49. The first-order valence-corrected chi connectivity index (χ1v) is 7.31. The van der Waals surface area contributed by atoms with Crippen LogP contribution in [0.25, 0.3) is 0 Å². The van der Waals surface area contributed by atoms with Gasteiger partial charge in [0.25, 0.3) is 0 Å².